The Bertz CT molecular complexity index is 238. The second kappa shape index (κ2) is 3.88. The molecule has 0 heterocycles. The van der Waals surface area contributed by atoms with E-state index < -0.39 is 0 Å². The Hall–Kier alpha value is 0.0200. The zero-order valence-electron chi connectivity index (χ0n) is 8.96. The zero-order valence-corrected chi connectivity index (χ0v) is 9.85. The summed E-state index contributed by atoms with van der Waals surface area (Å²) in [5.74, 6) is 1.37. The van der Waals surface area contributed by atoms with Gasteiger partial charge in [-0.1, -0.05) is 19.8 Å². The summed E-state index contributed by atoms with van der Waals surface area (Å²) in [5, 5.41) is 0. The Balaban J connectivity index is 2.15. The lowest BCUT2D eigenvalue weighted by Gasteiger charge is -2.38. The van der Waals surface area contributed by atoms with Gasteiger partial charge in [0.05, 0.1) is 0 Å². The van der Waals surface area contributed by atoms with Crippen LogP contribution in [-0.2, 0) is 4.79 Å². The number of rotatable bonds is 1. The zero-order chi connectivity index (χ0) is 10.2. The number of carbonyl (C=O) groups is 1. The minimum atomic E-state index is 0.0392. The number of hydrogen-bond acceptors (Lipinski definition) is 2. The molecule has 80 valence electrons. The van der Waals surface area contributed by atoms with Crippen molar-refractivity contribution in [1.29, 1.82) is 0 Å². The molecular formula is C12H20OS. The van der Waals surface area contributed by atoms with Gasteiger partial charge in [-0.2, -0.15) is 12.6 Å². The van der Waals surface area contributed by atoms with Gasteiger partial charge in [0.2, 0.25) is 0 Å². The smallest absolute Gasteiger partial charge is 0.137 e. The van der Waals surface area contributed by atoms with E-state index >= 15 is 0 Å². The van der Waals surface area contributed by atoms with Crippen molar-refractivity contribution in [2.24, 2.45) is 11.8 Å². The maximum atomic E-state index is 11.9. The molecule has 0 saturated heterocycles. The van der Waals surface area contributed by atoms with Crippen LogP contribution >= 0.6 is 12.6 Å². The molecule has 0 N–H and O–H groups in total. The third-order valence-corrected chi connectivity index (χ3v) is 5.20. The van der Waals surface area contributed by atoms with Gasteiger partial charge in [-0.3, -0.25) is 4.79 Å². The summed E-state index contributed by atoms with van der Waals surface area (Å²) in [5.41, 5.74) is 0. The fraction of sp³-hybridized carbons (Fsp3) is 0.917. The molecule has 2 fully saturated rings. The molecule has 0 aromatic heterocycles. The molecule has 3 unspecified atom stereocenters. The second-order valence-electron chi connectivity index (χ2n) is 5.05. The molecule has 2 heteroatoms. The first-order valence-corrected chi connectivity index (χ1v) is 6.34. The van der Waals surface area contributed by atoms with Gasteiger partial charge < -0.3 is 0 Å². The van der Waals surface area contributed by atoms with Gasteiger partial charge in [-0.25, -0.2) is 0 Å². The Morgan fingerprint density at radius 1 is 1.29 bits per heavy atom. The summed E-state index contributed by atoms with van der Waals surface area (Å²) in [6, 6.07) is 0. The summed E-state index contributed by atoms with van der Waals surface area (Å²) in [6.07, 6.45) is 7.89. The minimum absolute atomic E-state index is 0.0392. The maximum Gasteiger partial charge on any atom is 0.137 e. The van der Waals surface area contributed by atoms with E-state index in [1.807, 2.05) is 0 Å². The van der Waals surface area contributed by atoms with Gasteiger partial charge in [0.15, 0.2) is 0 Å². The fourth-order valence-corrected chi connectivity index (χ4v) is 3.78. The number of carbonyl (C=O) groups excluding carboxylic acids is 1. The minimum Gasteiger partial charge on any atom is -0.299 e. The quantitative estimate of drug-likeness (QED) is 0.660. The summed E-state index contributed by atoms with van der Waals surface area (Å²) in [7, 11) is 0. The third kappa shape index (κ3) is 1.62. The van der Waals surface area contributed by atoms with Crippen LogP contribution < -0.4 is 0 Å². The van der Waals surface area contributed by atoms with E-state index in [0.717, 1.165) is 25.7 Å². The maximum absolute atomic E-state index is 11.9. The van der Waals surface area contributed by atoms with Crippen LogP contribution in [0.5, 0.6) is 0 Å². The standard InChI is InChI=1S/C12H20OS/c1-9-5-4-8-12(9,14)10-6-2-3-7-11(10)13/h9-10,14H,2-8H2,1H3. The van der Waals surface area contributed by atoms with Gasteiger partial charge in [-0.15, -0.1) is 0 Å². The summed E-state index contributed by atoms with van der Waals surface area (Å²) >= 11 is 4.86. The lowest BCUT2D eigenvalue weighted by Crippen LogP contribution is -2.41. The average Bonchev–Trinajstić information content (AvgIpc) is 2.49. The molecule has 0 spiro atoms. The van der Waals surface area contributed by atoms with E-state index in [2.05, 4.69) is 6.92 Å². The van der Waals surface area contributed by atoms with Crippen LogP contribution in [0.3, 0.4) is 0 Å². The van der Waals surface area contributed by atoms with Crippen LogP contribution in [-0.4, -0.2) is 10.5 Å². The van der Waals surface area contributed by atoms with Crippen molar-refractivity contribution < 1.29 is 4.79 Å². The molecule has 0 aliphatic heterocycles. The molecule has 14 heavy (non-hydrogen) atoms. The molecule has 2 rings (SSSR count). The normalized spacial score (nSPS) is 44.3. The van der Waals surface area contributed by atoms with Crippen molar-refractivity contribution in [3.8, 4) is 0 Å². The molecule has 2 aliphatic rings. The molecule has 1 nitrogen and oxygen atoms in total. The molecule has 0 amide bonds. The van der Waals surface area contributed by atoms with Crippen molar-refractivity contribution in [3.63, 3.8) is 0 Å². The lowest BCUT2D eigenvalue weighted by molar-refractivity contribution is -0.126. The number of Topliss-reactive ketones (excluding diaryl/α,β-unsaturated/α-hetero) is 1. The molecule has 2 saturated carbocycles. The highest BCUT2D eigenvalue weighted by molar-refractivity contribution is 7.81. The van der Waals surface area contributed by atoms with Crippen LogP contribution in [0.1, 0.15) is 51.9 Å². The number of ketones is 1. The summed E-state index contributed by atoms with van der Waals surface area (Å²) in [4.78, 5) is 11.9. The van der Waals surface area contributed by atoms with Crippen LogP contribution in [0, 0.1) is 11.8 Å². The summed E-state index contributed by atoms with van der Waals surface area (Å²) in [6.45, 7) is 2.27. The van der Waals surface area contributed by atoms with Crippen molar-refractivity contribution in [1.82, 2.24) is 0 Å². The van der Waals surface area contributed by atoms with Crippen LogP contribution in [0.25, 0.3) is 0 Å². The SMILES string of the molecule is CC1CCCC1(S)C1CCCCC1=O. The predicted molar refractivity (Wildman–Crippen MR) is 61.7 cm³/mol. The first kappa shape index (κ1) is 10.5. The van der Waals surface area contributed by atoms with Gasteiger partial charge >= 0.3 is 0 Å². The number of hydrogen-bond donors (Lipinski definition) is 1. The van der Waals surface area contributed by atoms with Crippen molar-refractivity contribution >= 4 is 18.4 Å². The van der Waals surface area contributed by atoms with E-state index in [0.29, 0.717) is 11.7 Å². The number of thiol groups is 1. The van der Waals surface area contributed by atoms with Crippen molar-refractivity contribution in [3.05, 3.63) is 0 Å². The highest BCUT2D eigenvalue weighted by Crippen LogP contribution is 2.49. The molecular weight excluding hydrogens is 192 g/mol. The lowest BCUT2D eigenvalue weighted by atomic mass is 9.74. The molecule has 0 aromatic carbocycles. The van der Waals surface area contributed by atoms with E-state index in [9.17, 15) is 4.79 Å². The van der Waals surface area contributed by atoms with Crippen molar-refractivity contribution in [2.75, 3.05) is 0 Å². The highest BCUT2D eigenvalue weighted by Gasteiger charge is 2.46. The van der Waals surface area contributed by atoms with E-state index in [1.165, 1.54) is 19.3 Å². The first-order valence-electron chi connectivity index (χ1n) is 5.89. The van der Waals surface area contributed by atoms with Gasteiger partial charge in [0, 0.05) is 17.1 Å². The van der Waals surface area contributed by atoms with Crippen LogP contribution in [0.4, 0.5) is 0 Å². The average molecular weight is 212 g/mol. The molecule has 3 atom stereocenters. The molecule has 0 aromatic rings. The van der Waals surface area contributed by atoms with Crippen molar-refractivity contribution in [2.45, 2.75) is 56.6 Å². The van der Waals surface area contributed by atoms with Gasteiger partial charge in [0.25, 0.3) is 0 Å². The fourth-order valence-electron chi connectivity index (χ4n) is 3.22. The molecule has 0 bridgehead atoms. The van der Waals surface area contributed by atoms with E-state index in [1.54, 1.807) is 0 Å². The van der Waals surface area contributed by atoms with Gasteiger partial charge in [-0.05, 0) is 31.6 Å². The van der Waals surface area contributed by atoms with Crippen LogP contribution in [0.2, 0.25) is 0 Å². The Morgan fingerprint density at radius 3 is 2.64 bits per heavy atom. The second-order valence-corrected chi connectivity index (χ2v) is 5.88. The molecule has 0 radical (unpaired) electrons. The Morgan fingerprint density at radius 2 is 2.07 bits per heavy atom. The largest absolute Gasteiger partial charge is 0.299 e. The highest BCUT2D eigenvalue weighted by atomic mass is 32.1. The van der Waals surface area contributed by atoms with Gasteiger partial charge in [0.1, 0.15) is 5.78 Å². The van der Waals surface area contributed by atoms with Crippen LogP contribution in [0.15, 0.2) is 0 Å². The summed E-state index contributed by atoms with van der Waals surface area (Å²) < 4.78 is 0.0392. The monoisotopic (exact) mass is 212 g/mol. The Labute approximate surface area is 92.1 Å². The molecule has 2 aliphatic carbocycles. The third-order valence-electron chi connectivity index (χ3n) is 4.23. The Kier molecular flexibility index (Phi) is 2.92. The van der Waals surface area contributed by atoms with E-state index in [4.69, 9.17) is 12.6 Å². The predicted octanol–water partition coefficient (Wildman–Crippen LogP) is 3.23. The van der Waals surface area contributed by atoms with E-state index in [-0.39, 0.29) is 10.7 Å². The first-order chi connectivity index (χ1) is 6.64. The topological polar surface area (TPSA) is 17.1 Å².